The minimum absolute atomic E-state index is 1.28. The molecule has 0 aliphatic carbocycles. The molecule has 0 radical (unpaired) electrons. The largest absolute Gasteiger partial charge is 0.303 e. The van der Waals surface area contributed by atoms with Crippen LogP contribution in [0.5, 0.6) is 0 Å². The van der Waals surface area contributed by atoms with E-state index in [0.29, 0.717) is 0 Å². The average molecular weight is 301 g/mol. The molecule has 0 rings (SSSR count). The molecule has 0 saturated carbocycles. The Hall–Kier alpha value is 0.390. The second kappa shape index (κ2) is 17.4. The lowest BCUT2D eigenvalue weighted by Crippen LogP contribution is -2.27. The summed E-state index contributed by atoms with van der Waals surface area (Å²) >= 11 is 0. The van der Waals surface area contributed by atoms with Crippen LogP contribution in [0, 0.1) is 0 Å². The first-order valence-corrected chi connectivity index (χ1v) is 10.1. The number of rotatable bonds is 16. The van der Waals surface area contributed by atoms with E-state index in [-0.39, 0.29) is 0 Å². The fourth-order valence-electron chi connectivity index (χ4n) is 2.64. The van der Waals surface area contributed by atoms with E-state index in [1.165, 1.54) is 103 Å². The summed E-state index contributed by atoms with van der Waals surface area (Å²) in [6.07, 6.45) is 18.2. The molecule has 20 heavy (non-hydrogen) atoms. The molecule has 0 aromatic heterocycles. The highest BCUT2D eigenvalue weighted by atomic mass is 31.0. The summed E-state index contributed by atoms with van der Waals surface area (Å²) in [5.41, 5.74) is 0. The number of hydrogen-bond acceptors (Lipinski definition) is 1. The third kappa shape index (κ3) is 14.8. The summed E-state index contributed by atoms with van der Waals surface area (Å²) in [5.74, 6) is 0. The fraction of sp³-hybridized carbons (Fsp3) is 1.00. The quantitative estimate of drug-likeness (QED) is 0.254. The van der Waals surface area contributed by atoms with Gasteiger partial charge in [-0.2, -0.15) is 0 Å². The van der Waals surface area contributed by atoms with Crippen LogP contribution in [0.25, 0.3) is 0 Å². The van der Waals surface area contributed by atoms with E-state index in [4.69, 9.17) is 0 Å². The van der Waals surface area contributed by atoms with E-state index in [2.05, 4.69) is 28.0 Å². The van der Waals surface area contributed by atoms with Crippen molar-refractivity contribution in [3.63, 3.8) is 0 Å². The standard InChI is InChI=1S/C18H40NP/c1-3-5-15-19(16-6-4-2)17-13-11-9-7-8-10-12-14-18-20/h3-18,20H2,1-2H3. The Morgan fingerprint density at radius 1 is 0.550 bits per heavy atom. The van der Waals surface area contributed by atoms with Crippen molar-refractivity contribution in [2.75, 3.05) is 25.8 Å². The zero-order chi connectivity index (χ0) is 14.9. The topological polar surface area (TPSA) is 3.24 Å². The lowest BCUT2D eigenvalue weighted by molar-refractivity contribution is 0.259. The maximum Gasteiger partial charge on any atom is -0.00187 e. The first kappa shape index (κ1) is 20.4. The summed E-state index contributed by atoms with van der Waals surface area (Å²) in [4.78, 5) is 2.70. The van der Waals surface area contributed by atoms with Crippen LogP contribution in [-0.2, 0) is 0 Å². The number of hydrogen-bond donors (Lipinski definition) is 0. The highest BCUT2D eigenvalue weighted by Gasteiger charge is 2.03. The summed E-state index contributed by atoms with van der Waals surface area (Å²) in [6, 6.07) is 0. The molecule has 2 heteroatoms. The van der Waals surface area contributed by atoms with Gasteiger partial charge in [0, 0.05) is 0 Å². The lowest BCUT2D eigenvalue weighted by Gasteiger charge is -2.21. The van der Waals surface area contributed by atoms with E-state index in [1.54, 1.807) is 0 Å². The van der Waals surface area contributed by atoms with Crippen LogP contribution in [0.2, 0.25) is 0 Å². The Morgan fingerprint density at radius 2 is 0.950 bits per heavy atom. The van der Waals surface area contributed by atoms with Gasteiger partial charge in [0.25, 0.3) is 0 Å². The van der Waals surface area contributed by atoms with Gasteiger partial charge in [0.2, 0.25) is 0 Å². The van der Waals surface area contributed by atoms with E-state index in [0.717, 1.165) is 0 Å². The molecule has 0 amide bonds. The Morgan fingerprint density at radius 3 is 1.40 bits per heavy atom. The molecule has 0 aromatic rings. The van der Waals surface area contributed by atoms with Gasteiger partial charge in [-0.1, -0.05) is 65.2 Å². The van der Waals surface area contributed by atoms with Crippen molar-refractivity contribution >= 4 is 9.24 Å². The van der Waals surface area contributed by atoms with Crippen molar-refractivity contribution in [1.82, 2.24) is 4.90 Å². The predicted molar refractivity (Wildman–Crippen MR) is 97.8 cm³/mol. The van der Waals surface area contributed by atoms with Gasteiger partial charge in [-0.05, 0) is 51.5 Å². The third-order valence-corrected chi connectivity index (χ3v) is 4.49. The molecular formula is C18H40NP. The predicted octanol–water partition coefficient (Wildman–Crippen LogP) is 5.88. The van der Waals surface area contributed by atoms with Crippen molar-refractivity contribution in [2.45, 2.75) is 90.9 Å². The molecule has 0 saturated heterocycles. The Balaban J connectivity index is 3.38. The molecule has 1 nitrogen and oxygen atoms in total. The fourth-order valence-corrected chi connectivity index (χ4v) is 2.93. The summed E-state index contributed by atoms with van der Waals surface area (Å²) in [6.45, 7) is 8.59. The second-order valence-corrected chi connectivity index (χ2v) is 6.74. The number of nitrogens with zero attached hydrogens (tertiary/aromatic N) is 1. The highest BCUT2D eigenvalue weighted by molar-refractivity contribution is 7.16. The van der Waals surface area contributed by atoms with Gasteiger partial charge in [0.05, 0.1) is 0 Å². The molecule has 0 heterocycles. The highest BCUT2D eigenvalue weighted by Crippen LogP contribution is 2.10. The molecule has 1 atom stereocenters. The Labute approximate surface area is 131 Å². The normalized spacial score (nSPS) is 11.4. The van der Waals surface area contributed by atoms with Gasteiger partial charge in [-0.25, -0.2) is 0 Å². The third-order valence-electron chi connectivity index (χ3n) is 4.08. The van der Waals surface area contributed by atoms with Gasteiger partial charge in [-0.3, -0.25) is 0 Å². The van der Waals surface area contributed by atoms with Crippen LogP contribution in [0.15, 0.2) is 0 Å². The molecule has 0 aromatic carbocycles. The summed E-state index contributed by atoms with van der Waals surface area (Å²) in [5, 5.41) is 0. The zero-order valence-corrected chi connectivity index (χ0v) is 15.5. The van der Waals surface area contributed by atoms with Gasteiger partial charge < -0.3 is 4.90 Å². The van der Waals surface area contributed by atoms with Gasteiger partial charge in [0.15, 0.2) is 0 Å². The van der Waals surface area contributed by atoms with Crippen molar-refractivity contribution < 1.29 is 0 Å². The monoisotopic (exact) mass is 301 g/mol. The lowest BCUT2D eigenvalue weighted by atomic mass is 10.1. The molecular weight excluding hydrogens is 261 g/mol. The molecule has 0 spiro atoms. The van der Waals surface area contributed by atoms with Crippen LogP contribution < -0.4 is 0 Å². The molecule has 0 aliphatic rings. The second-order valence-electron chi connectivity index (χ2n) is 6.17. The van der Waals surface area contributed by atoms with Crippen LogP contribution in [-0.4, -0.2) is 30.7 Å². The van der Waals surface area contributed by atoms with Crippen LogP contribution >= 0.6 is 9.24 Å². The van der Waals surface area contributed by atoms with E-state index in [9.17, 15) is 0 Å². The zero-order valence-electron chi connectivity index (χ0n) is 14.3. The molecule has 0 aliphatic heterocycles. The van der Waals surface area contributed by atoms with Gasteiger partial charge in [0.1, 0.15) is 0 Å². The first-order valence-electron chi connectivity index (χ1n) is 9.27. The van der Waals surface area contributed by atoms with E-state index >= 15 is 0 Å². The Kier molecular flexibility index (Phi) is 17.8. The Bertz CT molecular complexity index is 165. The van der Waals surface area contributed by atoms with Gasteiger partial charge in [-0.15, -0.1) is 9.24 Å². The maximum atomic E-state index is 2.83. The molecule has 122 valence electrons. The van der Waals surface area contributed by atoms with Crippen molar-refractivity contribution in [3.05, 3.63) is 0 Å². The van der Waals surface area contributed by atoms with Gasteiger partial charge >= 0.3 is 0 Å². The average Bonchev–Trinajstić information content (AvgIpc) is 2.47. The van der Waals surface area contributed by atoms with Crippen LogP contribution in [0.1, 0.15) is 90.9 Å². The van der Waals surface area contributed by atoms with Crippen molar-refractivity contribution in [3.8, 4) is 0 Å². The van der Waals surface area contributed by atoms with Crippen LogP contribution in [0.4, 0.5) is 0 Å². The van der Waals surface area contributed by atoms with E-state index < -0.39 is 0 Å². The minimum atomic E-state index is 1.28. The maximum absolute atomic E-state index is 2.83. The molecule has 1 unspecified atom stereocenters. The summed E-state index contributed by atoms with van der Waals surface area (Å²) in [7, 11) is 2.83. The van der Waals surface area contributed by atoms with Crippen molar-refractivity contribution in [1.29, 1.82) is 0 Å². The van der Waals surface area contributed by atoms with E-state index in [1.807, 2.05) is 0 Å². The first-order chi connectivity index (χ1) is 9.85. The molecule has 0 bridgehead atoms. The summed E-state index contributed by atoms with van der Waals surface area (Å²) < 4.78 is 0. The SMILES string of the molecule is CCCCN(CCCC)CCCCCCCCCCP. The molecule has 0 N–H and O–H groups in total. The van der Waals surface area contributed by atoms with Crippen LogP contribution in [0.3, 0.4) is 0 Å². The molecule has 0 fully saturated rings. The van der Waals surface area contributed by atoms with Crippen molar-refractivity contribution in [2.24, 2.45) is 0 Å². The minimum Gasteiger partial charge on any atom is -0.303 e. The number of unbranched alkanes of at least 4 members (excludes halogenated alkanes) is 9. The smallest absolute Gasteiger partial charge is 0.00187 e.